The Hall–Kier alpha value is -2.68. The molecule has 192 valence electrons. The Morgan fingerprint density at radius 3 is 2.19 bits per heavy atom. The summed E-state index contributed by atoms with van der Waals surface area (Å²) in [4.78, 5) is 0.150. The lowest BCUT2D eigenvalue weighted by Crippen LogP contribution is -2.43. The van der Waals surface area contributed by atoms with Crippen molar-refractivity contribution in [2.45, 2.75) is 42.9 Å². The first-order chi connectivity index (χ1) is 17.1. The minimum absolute atomic E-state index is 0.0429. The summed E-state index contributed by atoms with van der Waals surface area (Å²) < 4.78 is 71.4. The van der Waals surface area contributed by atoms with Crippen LogP contribution in [-0.4, -0.2) is 33.9 Å². The average Bonchev–Trinajstić information content (AvgIpc) is 2.89. The van der Waals surface area contributed by atoms with Crippen LogP contribution in [0, 0.1) is 0 Å². The highest BCUT2D eigenvalue weighted by molar-refractivity contribution is 7.91. The van der Waals surface area contributed by atoms with Crippen molar-refractivity contribution >= 4 is 9.84 Å². The Kier molecular flexibility index (Phi) is 7.87. The van der Waals surface area contributed by atoms with Gasteiger partial charge in [-0.3, -0.25) is 0 Å². The monoisotopic (exact) mass is 517 g/mol. The van der Waals surface area contributed by atoms with E-state index in [2.05, 4.69) is 17.4 Å². The summed E-state index contributed by atoms with van der Waals surface area (Å²) in [5.41, 5.74) is 1.53. The third kappa shape index (κ3) is 5.99. The van der Waals surface area contributed by atoms with Crippen LogP contribution in [0.1, 0.15) is 36.5 Å². The molecule has 0 spiro atoms. The average molecular weight is 518 g/mol. The molecule has 1 heterocycles. The highest BCUT2D eigenvalue weighted by atomic mass is 32.2. The van der Waals surface area contributed by atoms with Crippen molar-refractivity contribution in [3.63, 3.8) is 0 Å². The van der Waals surface area contributed by atoms with Gasteiger partial charge in [-0.25, -0.2) is 8.42 Å². The van der Waals surface area contributed by atoms with E-state index in [1.54, 1.807) is 25.1 Å². The molecule has 0 unspecified atom stereocenters. The highest BCUT2D eigenvalue weighted by Gasteiger charge is 2.34. The maximum absolute atomic E-state index is 13.7. The maximum atomic E-state index is 13.7. The second kappa shape index (κ2) is 10.7. The summed E-state index contributed by atoms with van der Waals surface area (Å²) in [6.07, 6.45) is -2.74. The molecule has 0 bridgehead atoms. The van der Waals surface area contributed by atoms with E-state index in [9.17, 15) is 21.6 Å². The molecule has 1 N–H and O–H groups in total. The smallest absolute Gasteiger partial charge is 0.376 e. The Labute approximate surface area is 210 Å². The number of ether oxygens (including phenoxy) is 1. The molecule has 1 fully saturated rings. The number of alkyl halides is 3. The quantitative estimate of drug-likeness (QED) is 0.398. The van der Waals surface area contributed by atoms with Crippen LogP contribution in [0.4, 0.5) is 13.2 Å². The van der Waals surface area contributed by atoms with Crippen molar-refractivity contribution in [2.24, 2.45) is 0 Å². The van der Waals surface area contributed by atoms with Crippen LogP contribution in [0.5, 0.6) is 0 Å². The third-order valence-corrected chi connectivity index (χ3v) is 8.59. The van der Waals surface area contributed by atoms with Gasteiger partial charge in [-0.15, -0.1) is 0 Å². The molecule has 0 radical (unpaired) electrons. The SMILES string of the molecule is CCS(=O)(=O)c1ccc(-c2cc(COCC3(c4ccccc4)CCNCC3)cc(C(F)(F)F)c2)cc1. The van der Waals surface area contributed by atoms with Crippen LogP contribution in [0.3, 0.4) is 0 Å². The lowest BCUT2D eigenvalue weighted by atomic mass is 9.74. The van der Waals surface area contributed by atoms with E-state index in [1.165, 1.54) is 17.7 Å². The molecule has 4 nitrogen and oxygen atoms in total. The summed E-state index contributed by atoms with van der Waals surface area (Å²) in [6, 6.07) is 20.0. The van der Waals surface area contributed by atoms with Crippen molar-refractivity contribution in [1.29, 1.82) is 0 Å². The molecule has 36 heavy (non-hydrogen) atoms. The number of nitrogens with one attached hydrogen (secondary N) is 1. The zero-order valence-corrected chi connectivity index (χ0v) is 21.0. The molecule has 0 saturated carbocycles. The molecule has 3 aromatic carbocycles. The molecular weight excluding hydrogens is 487 g/mol. The number of hydrogen-bond acceptors (Lipinski definition) is 4. The minimum Gasteiger partial charge on any atom is -0.376 e. The van der Waals surface area contributed by atoms with Gasteiger partial charge in [0.2, 0.25) is 0 Å². The second-order valence-electron chi connectivity index (χ2n) is 9.23. The standard InChI is InChI=1S/C28H30F3NO3S/c1-2-36(33,34)26-10-8-22(9-11-26)23-16-21(17-25(18-23)28(29,30)31)19-35-20-27(12-14-32-15-13-27)24-6-4-3-5-7-24/h3-11,16-18,32H,2,12-15,19-20H2,1H3. The van der Waals surface area contributed by atoms with Gasteiger partial charge >= 0.3 is 6.18 Å². The van der Waals surface area contributed by atoms with Crippen LogP contribution in [0.25, 0.3) is 11.1 Å². The lowest BCUT2D eigenvalue weighted by Gasteiger charge is -2.38. The third-order valence-electron chi connectivity index (χ3n) is 6.84. The van der Waals surface area contributed by atoms with Gasteiger partial charge in [0.05, 0.1) is 29.4 Å². The zero-order valence-electron chi connectivity index (χ0n) is 20.1. The van der Waals surface area contributed by atoms with Gasteiger partial charge in [0, 0.05) is 5.41 Å². The Morgan fingerprint density at radius 2 is 1.58 bits per heavy atom. The molecule has 1 saturated heterocycles. The van der Waals surface area contributed by atoms with Crippen LogP contribution in [-0.2, 0) is 32.8 Å². The lowest BCUT2D eigenvalue weighted by molar-refractivity contribution is -0.137. The molecule has 0 amide bonds. The largest absolute Gasteiger partial charge is 0.416 e. The van der Waals surface area contributed by atoms with Crippen LogP contribution >= 0.6 is 0 Å². The maximum Gasteiger partial charge on any atom is 0.416 e. The van der Waals surface area contributed by atoms with Gasteiger partial charge in [-0.2, -0.15) is 13.2 Å². The molecular formula is C28H30F3NO3S. The van der Waals surface area contributed by atoms with Crippen LogP contribution in [0.15, 0.2) is 77.7 Å². The molecule has 0 aliphatic carbocycles. The van der Waals surface area contributed by atoms with E-state index in [0.717, 1.165) is 38.1 Å². The summed E-state index contributed by atoms with van der Waals surface area (Å²) in [7, 11) is -3.39. The van der Waals surface area contributed by atoms with Gasteiger partial charge in [-0.05, 0) is 78.5 Å². The van der Waals surface area contributed by atoms with Gasteiger partial charge in [0.15, 0.2) is 9.84 Å². The molecule has 1 aliphatic rings. The molecule has 1 aliphatic heterocycles. The van der Waals surface area contributed by atoms with Crippen molar-refractivity contribution in [1.82, 2.24) is 5.32 Å². The normalized spacial score (nSPS) is 16.1. The predicted molar refractivity (Wildman–Crippen MR) is 134 cm³/mol. The number of hydrogen-bond donors (Lipinski definition) is 1. The fourth-order valence-corrected chi connectivity index (χ4v) is 5.59. The van der Waals surface area contributed by atoms with Gasteiger partial charge in [0.1, 0.15) is 0 Å². The van der Waals surface area contributed by atoms with E-state index in [1.807, 2.05) is 18.2 Å². The van der Waals surface area contributed by atoms with Crippen LogP contribution in [0.2, 0.25) is 0 Å². The van der Waals surface area contributed by atoms with Gasteiger partial charge < -0.3 is 10.1 Å². The number of piperidine rings is 1. The number of halogens is 3. The Balaban J connectivity index is 1.58. The zero-order chi connectivity index (χ0) is 25.8. The fourth-order valence-electron chi connectivity index (χ4n) is 4.70. The molecule has 0 aromatic heterocycles. The van der Waals surface area contributed by atoms with E-state index in [-0.39, 0.29) is 22.7 Å². The summed E-state index contributed by atoms with van der Waals surface area (Å²) in [5, 5.41) is 3.37. The van der Waals surface area contributed by atoms with Crippen molar-refractivity contribution < 1.29 is 26.3 Å². The second-order valence-corrected chi connectivity index (χ2v) is 11.5. The predicted octanol–water partition coefficient (Wildman–Crippen LogP) is 6.00. The van der Waals surface area contributed by atoms with E-state index in [0.29, 0.717) is 23.3 Å². The van der Waals surface area contributed by atoms with Crippen molar-refractivity contribution in [3.05, 3.63) is 89.5 Å². The first-order valence-electron chi connectivity index (χ1n) is 12.0. The first kappa shape index (κ1) is 26.4. The number of benzene rings is 3. The summed E-state index contributed by atoms with van der Waals surface area (Å²) in [5.74, 6) is -0.0437. The van der Waals surface area contributed by atoms with Crippen molar-refractivity contribution in [3.8, 4) is 11.1 Å². The summed E-state index contributed by atoms with van der Waals surface area (Å²) in [6.45, 7) is 3.72. The topological polar surface area (TPSA) is 55.4 Å². The molecule has 4 rings (SSSR count). The van der Waals surface area contributed by atoms with E-state index >= 15 is 0 Å². The van der Waals surface area contributed by atoms with Gasteiger partial charge in [-0.1, -0.05) is 49.4 Å². The fraction of sp³-hybridized carbons (Fsp3) is 0.357. The summed E-state index contributed by atoms with van der Waals surface area (Å²) >= 11 is 0. The number of sulfone groups is 1. The van der Waals surface area contributed by atoms with E-state index < -0.39 is 21.6 Å². The van der Waals surface area contributed by atoms with Gasteiger partial charge in [0.25, 0.3) is 0 Å². The Bertz CT molecular complexity index is 1270. The molecule has 8 heteroatoms. The first-order valence-corrected chi connectivity index (χ1v) is 13.7. The van der Waals surface area contributed by atoms with Crippen molar-refractivity contribution in [2.75, 3.05) is 25.4 Å². The number of rotatable bonds is 8. The van der Waals surface area contributed by atoms with Crippen LogP contribution < -0.4 is 5.32 Å². The van der Waals surface area contributed by atoms with E-state index in [4.69, 9.17) is 4.74 Å². The molecule has 3 aromatic rings. The highest BCUT2D eigenvalue weighted by Crippen LogP contribution is 2.36. The Morgan fingerprint density at radius 1 is 0.917 bits per heavy atom. The molecule has 0 atom stereocenters. The minimum atomic E-state index is -4.52.